The molecular formula is C25H24Cl3N3O4S. The number of sulfonamides is 1. The summed E-state index contributed by atoms with van der Waals surface area (Å²) in [6, 6.07) is 17.8. The number of nitrogens with zero attached hydrogens (tertiary/aromatic N) is 2. The highest BCUT2D eigenvalue weighted by molar-refractivity contribution is 7.92. The average molecular weight is 569 g/mol. The highest BCUT2D eigenvalue weighted by Gasteiger charge is 2.32. The smallest absolute Gasteiger partial charge is 0.264 e. The molecular weight excluding hydrogens is 545 g/mol. The number of hydrogen-bond donors (Lipinski definition) is 1. The molecule has 3 aromatic rings. The van der Waals surface area contributed by atoms with Gasteiger partial charge in [-0.3, -0.25) is 13.9 Å². The van der Waals surface area contributed by atoms with Gasteiger partial charge in [0, 0.05) is 34.2 Å². The fourth-order valence-electron chi connectivity index (χ4n) is 3.50. The van der Waals surface area contributed by atoms with Crippen LogP contribution in [0, 0.1) is 0 Å². The van der Waals surface area contributed by atoms with Crippen molar-refractivity contribution in [3.05, 3.63) is 93.4 Å². The van der Waals surface area contributed by atoms with Gasteiger partial charge in [0.1, 0.15) is 12.6 Å². The van der Waals surface area contributed by atoms with Crippen LogP contribution in [0.2, 0.25) is 15.1 Å². The molecule has 0 aliphatic carbocycles. The molecule has 0 aliphatic heterocycles. The van der Waals surface area contributed by atoms with E-state index in [1.807, 2.05) is 0 Å². The molecule has 0 heterocycles. The van der Waals surface area contributed by atoms with Gasteiger partial charge in [0.05, 0.1) is 10.6 Å². The molecule has 7 nitrogen and oxygen atoms in total. The van der Waals surface area contributed by atoms with Crippen LogP contribution in [-0.4, -0.2) is 44.8 Å². The molecule has 0 bridgehead atoms. The van der Waals surface area contributed by atoms with Crippen molar-refractivity contribution in [1.29, 1.82) is 0 Å². The third-order valence-electron chi connectivity index (χ3n) is 5.53. The summed E-state index contributed by atoms with van der Waals surface area (Å²) in [6.45, 7) is 0.871. The SMILES string of the molecule is CNC(=O)C(C)N(Cc1c(Cl)cccc1Cl)C(=O)CN(c1ccccc1)S(=O)(=O)c1ccc(Cl)cc1. The summed E-state index contributed by atoms with van der Waals surface area (Å²) < 4.78 is 28.2. The number of hydrogen-bond acceptors (Lipinski definition) is 4. The Kier molecular flexibility index (Phi) is 9.24. The number of anilines is 1. The minimum absolute atomic E-state index is 0.0383. The lowest BCUT2D eigenvalue weighted by Crippen LogP contribution is -2.50. The topological polar surface area (TPSA) is 86.8 Å². The zero-order valence-electron chi connectivity index (χ0n) is 19.5. The summed E-state index contributed by atoms with van der Waals surface area (Å²) >= 11 is 18.6. The second-order valence-corrected chi connectivity index (χ2v) is 10.9. The number of amides is 2. The van der Waals surface area contributed by atoms with Crippen molar-refractivity contribution in [3.63, 3.8) is 0 Å². The van der Waals surface area contributed by atoms with Gasteiger partial charge in [0.15, 0.2) is 0 Å². The molecule has 0 saturated carbocycles. The van der Waals surface area contributed by atoms with Crippen molar-refractivity contribution < 1.29 is 18.0 Å². The molecule has 190 valence electrons. The van der Waals surface area contributed by atoms with E-state index in [2.05, 4.69) is 5.32 Å². The van der Waals surface area contributed by atoms with Gasteiger partial charge in [0.25, 0.3) is 10.0 Å². The summed E-state index contributed by atoms with van der Waals surface area (Å²) in [7, 11) is -2.72. The molecule has 1 atom stereocenters. The molecule has 0 fully saturated rings. The number of rotatable bonds is 9. The maximum absolute atomic E-state index is 13.7. The van der Waals surface area contributed by atoms with Crippen LogP contribution in [0.1, 0.15) is 12.5 Å². The zero-order chi connectivity index (χ0) is 26.5. The number of halogens is 3. The van der Waals surface area contributed by atoms with E-state index >= 15 is 0 Å². The van der Waals surface area contributed by atoms with E-state index in [4.69, 9.17) is 34.8 Å². The minimum atomic E-state index is -4.17. The van der Waals surface area contributed by atoms with Crippen LogP contribution in [-0.2, 0) is 26.2 Å². The lowest BCUT2D eigenvalue weighted by atomic mass is 10.1. The summed E-state index contributed by atoms with van der Waals surface area (Å²) in [4.78, 5) is 27.4. The van der Waals surface area contributed by atoms with E-state index in [-0.39, 0.29) is 17.1 Å². The largest absolute Gasteiger partial charge is 0.357 e. The first-order chi connectivity index (χ1) is 17.1. The van der Waals surface area contributed by atoms with Gasteiger partial charge in [-0.2, -0.15) is 0 Å². The number of para-hydroxylation sites is 1. The zero-order valence-corrected chi connectivity index (χ0v) is 22.6. The maximum Gasteiger partial charge on any atom is 0.264 e. The summed E-state index contributed by atoms with van der Waals surface area (Å²) in [5.74, 6) is -1.05. The van der Waals surface area contributed by atoms with Gasteiger partial charge < -0.3 is 10.2 Å². The van der Waals surface area contributed by atoms with E-state index in [0.717, 1.165) is 4.31 Å². The van der Waals surface area contributed by atoms with E-state index in [9.17, 15) is 18.0 Å². The molecule has 2 amide bonds. The monoisotopic (exact) mass is 567 g/mol. The standard InChI is InChI=1S/C25H24Cl3N3O4S/c1-17(25(33)29-2)30(15-21-22(27)9-6-10-23(21)28)24(32)16-31(19-7-4-3-5-8-19)36(34,35)20-13-11-18(26)12-14-20/h3-14,17H,15-16H2,1-2H3,(H,29,33). The van der Waals surface area contributed by atoms with E-state index in [1.165, 1.54) is 36.2 Å². The first-order valence-electron chi connectivity index (χ1n) is 10.8. The average Bonchev–Trinajstić information content (AvgIpc) is 2.86. The van der Waals surface area contributed by atoms with Gasteiger partial charge in [-0.15, -0.1) is 0 Å². The molecule has 0 radical (unpaired) electrons. The Morgan fingerprint density at radius 3 is 2.03 bits per heavy atom. The number of benzene rings is 3. The highest BCUT2D eigenvalue weighted by Crippen LogP contribution is 2.28. The van der Waals surface area contributed by atoms with Gasteiger partial charge >= 0.3 is 0 Å². The van der Waals surface area contributed by atoms with Crippen molar-refractivity contribution in [3.8, 4) is 0 Å². The van der Waals surface area contributed by atoms with Crippen LogP contribution in [0.15, 0.2) is 77.7 Å². The molecule has 36 heavy (non-hydrogen) atoms. The van der Waals surface area contributed by atoms with Crippen LogP contribution in [0.5, 0.6) is 0 Å². The minimum Gasteiger partial charge on any atom is -0.357 e. The summed E-state index contributed by atoms with van der Waals surface area (Å²) in [5.41, 5.74) is 0.723. The summed E-state index contributed by atoms with van der Waals surface area (Å²) in [6.07, 6.45) is 0. The molecule has 0 aliphatic rings. The van der Waals surface area contributed by atoms with Crippen molar-refractivity contribution in [2.45, 2.75) is 24.4 Å². The Morgan fingerprint density at radius 2 is 1.47 bits per heavy atom. The maximum atomic E-state index is 13.7. The van der Waals surface area contributed by atoms with Crippen molar-refractivity contribution in [2.75, 3.05) is 17.9 Å². The first kappa shape index (κ1) is 27.8. The molecule has 1 unspecified atom stereocenters. The molecule has 0 spiro atoms. The van der Waals surface area contributed by atoms with Crippen LogP contribution in [0.3, 0.4) is 0 Å². The number of likely N-dealkylation sites (N-methyl/N-ethyl adjacent to an activating group) is 1. The Bertz CT molecular complexity index is 1320. The third kappa shape index (κ3) is 6.31. The molecule has 0 aromatic heterocycles. The lowest BCUT2D eigenvalue weighted by Gasteiger charge is -2.32. The van der Waals surface area contributed by atoms with Crippen LogP contribution in [0.25, 0.3) is 0 Å². The number of carbonyl (C=O) groups excluding carboxylic acids is 2. The Hall–Kier alpha value is -2.78. The second-order valence-electron chi connectivity index (χ2n) is 7.81. The van der Waals surface area contributed by atoms with Crippen LogP contribution in [0.4, 0.5) is 5.69 Å². The van der Waals surface area contributed by atoms with Gasteiger partial charge in [-0.25, -0.2) is 8.42 Å². The number of nitrogens with one attached hydrogen (secondary N) is 1. The first-order valence-corrected chi connectivity index (χ1v) is 13.4. The lowest BCUT2D eigenvalue weighted by molar-refractivity contribution is -0.139. The summed E-state index contributed by atoms with van der Waals surface area (Å²) in [5, 5.41) is 3.53. The van der Waals surface area contributed by atoms with E-state index in [1.54, 1.807) is 55.5 Å². The molecule has 3 aromatic carbocycles. The van der Waals surface area contributed by atoms with Crippen LogP contribution >= 0.6 is 34.8 Å². The highest BCUT2D eigenvalue weighted by atomic mass is 35.5. The normalized spacial score (nSPS) is 12.0. The van der Waals surface area contributed by atoms with Crippen molar-refractivity contribution >= 4 is 62.3 Å². The fourth-order valence-corrected chi connectivity index (χ4v) is 5.56. The van der Waals surface area contributed by atoms with Crippen molar-refractivity contribution in [2.24, 2.45) is 0 Å². The Morgan fingerprint density at radius 1 is 0.889 bits per heavy atom. The number of carbonyl (C=O) groups is 2. The van der Waals surface area contributed by atoms with Gasteiger partial charge in [-0.05, 0) is 55.5 Å². The Balaban J connectivity index is 2.04. The van der Waals surface area contributed by atoms with E-state index < -0.39 is 34.4 Å². The van der Waals surface area contributed by atoms with Gasteiger partial charge in [-0.1, -0.05) is 59.1 Å². The van der Waals surface area contributed by atoms with E-state index in [0.29, 0.717) is 20.6 Å². The molecule has 3 rings (SSSR count). The molecule has 1 N–H and O–H groups in total. The fraction of sp³-hybridized carbons (Fsp3) is 0.200. The molecule has 11 heteroatoms. The second kappa shape index (κ2) is 12.0. The predicted molar refractivity (Wildman–Crippen MR) is 143 cm³/mol. The predicted octanol–water partition coefficient (Wildman–Crippen LogP) is 5.01. The van der Waals surface area contributed by atoms with Crippen LogP contribution < -0.4 is 9.62 Å². The molecule has 0 saturated heterocycles. The Labute approximate surface area is 225 Å². The van der Waals surface area contributed by atoms with Gasteiger partial charge in [0.2, 0.25) is 11.8 Å². The third-order valence-corrected chi connectivity index (χ3v) is 8.28. The van der Waals surface area contributed by atoms with Crippen molar-refractivity contribution in [1.82, 2.24) is 10.2 Å². The quantitative estimate of drug-likeness (QED) is 0.393.